The van der Waals surface area contributed by atoms with Gasteiger partial charge in [0.25, 0.3) is 0 Å². The molecule has 1 rings (SSSR count). The van der Waals surface area contributed by atoms with Crippen LogP contribution in [0.4, 0.5) is 0 Å². The molecule has 1 aliphatic heterocycles. The lowest BCUT2D eigenvalue weighted by Gasteiger charge is -2.24. The zero-order valence-corrected chi connectivity index (χ0v) is 12.8. The van der Waals surface area contributed by atoms with Gasteiger partial charge in [-0.3, -0.25) is 4.79 Å². The fraction of sp³-hybridized carbons (Fsp3) is 0.923. The number of rotatable bonds is 4. The van der Waals surface area contributed by atoms with Crippen molar-refractivity contribution >= 4 is 15.7 Å². The maximum atomic E-state index is 11.9. The van der Waals surface area contributed by atoms with E-state index >= 15 is 0 Å². The fourth-order valence-electron chi connectivity index (χ4n) is 2.36. The van der Waals surface area contributed by atoms with Gasteiger partial charge in [-0.2, -0.15) is 0 Å². The molecule has 1 amide bonds. The van der Waals surface area contributed by atoms with E-state index in [1.165, 1.54) is 0 Å². The molecule has 0 aromatic rings. The van der Waals surface area contributed by atoms with Crippen molar-refractivity contribution in [2.24, 2.45) is 5.41 Å². The van der Waals surface area contributed by atoms with E-state index in [4.69, 9.17) is 0 Å². The molecule has 0 aromatic carbocycles. The van der Waals surface area contributed by atoms with Crippen LogP contribution in [-0.4, -0.2) is 43.1 Å². The first-order valence-corrected chi connectivity index (χ1v) is 8.51. The molecule has 112 valence electrons. The second-order valence-corrected chi connectivity index (χ2v) is 8.82. The smallest absolute Gasteiger partial charge is 0.238 e. The topological polar surface area (TPSA) is 83.5 Å². The van der Waals surface area contributed by atoms with Crippen LogP contribution >= 0.6 is 0 Å². The van der Waals surface area contributed by atoms with E-state index in [9.17, 15) is 18.3 Å². The third kappa shape index (κ3) is 5.48. The van der Waals surface area contributed by atoms with E-state index in [0.717, 1.165) is 6.42 Å². The van der Waals surface area contributed by atoms with Gasteiger partial charge in [0, 0.05) is 6.54 Å². The molecule has 6 heteroatoms. The van der Waals surface area contributed by atoms with Gasteiger partial charge in [-0.25, -0.2) is 8.42 Å². The van der Waals surface area contributed by atoms with Gasteiger partial charge in [0.1, 0.15) is 5.25 Å². The molecule has 0 saturated carbocycles. The molecule has 1 aliphatic rings. The van der Waals surface area contributed by atoms with E-state index < -0.39 is 27.1 Å². The van der Waals surface area contributed by atoms with Crippen LogP contribution in [-0.2, 0) is 14.6 Å². The van der Waals surface area contributed by atoms with E-state index in [1.54, 1.807) is 0 Å². The molecule has 0 radical (unpaired) electrons. The van der Waals surface area contributed by atoms with E-state index in [2.05, 4.69) is 5.32 Å². The Bertz CT molecular complexity index is 411. The summed E-state index contributed by atoms with van der Waals surface area (Å²) in [6, 6.07) is 0. The predicted octanol–water partition coefficient (Wildman–Crippen LogP) is 0.867. The van der Waals surface area contributed by atoms with Crippen molar-refractivity contribution in [3.63, 3.8) is 0 Å². The molecule has 0 aromatic heterocycles. The fourth-order valence-corrected chi connectivity index (χ4v) is 4.19. The van der Waals surface area contributed by atoms with Crippen molar-refractivity contribution in [2.45, 2.75) is 57.8 Å². The molecular weight excluding hydrogens is 266 g/mol. The number of nitrogens with one attached hydrogen (secondary N) is 1. The highest BCUT2D eigenvalue weighted by molar-refractivity contribution is 7.92. The summed E-state index contributed by atoms with van der Waals surface area (Å²) in [6.07, 6.45) is 1.71. The van der Waals surface area contributed by atoms with Gasteiger partial charge >= 0.3 is 0 Å². The number of carbonyl (C=O) groups excluding carboxylic acids is 1. The minimum absolute atomic E-state index is 0.0267. The number of amides is 1. The van der Waals surface area contributed by atoms with Gasteiger partial charge in [0.2, 0.25) is 5.91 Å². The van der Waals surface area contributed by atoms with Crippen LogP contribution in [0.3, 0.4) is 0 Å². The Labute approximate surface area is 115 Å². The number of carbonyl (C=O) groups is 1. The summed E-state index contributed by atoms with van der Waals surface area (Å²) in [7, 11) is -3.30. The van der Waals surface area contributed by atoms with Crippen LogP contribution in [0.25, 0.3) is 0 Å². The molecule has 2 atom stereocenters. The maximum Gasteiger partial charge on any atom is 0.238 e. The predicted molar refractivity (Wildman–Crippen MR) is 74.5 cm³/mol. The molecule has 2 unspecified atom stereocenters. The van der Waals surface area contributed by atoms with Gasteiger partial charge < -0.3 is 10.4 Å². The summed E-state index contributed by atoms with van der Waals surface area (Å²) in [5.41, 5.74) is -0.0267. The molecule has 0 spiro atoms. The average molecular weight is 291 g/mol. The first-order chi connectivity index (χ1) is 8.62. The Morgan fingerprint density at radius 3 is 2.53 bits per heavy atom. The Balaban J connectivity index is 2.47. The lowest BCUT2D eigenvalue weighted by molar-refractivity contribution is -0.121. The second kappa shape index (κ2) is 6.22. The van der Waals surface area contributed by atoms with Gasteiger partial charge in [0.15, 0.2) is 9.84 Å². The third-order valence-corrected chi connectivity index (χ3v) is 5.41. The lowest BCUT2D eigenvalue weighted by Crippen LogP contribution is -2.45. The standard InChI is InChI=1S/C13H25NO4S/c1-13(2,3)8-10(15)9-14-12(16)11-6-4-5-7-19(11,17)18/h10-11,15H,4-9H2,1-3H3,(H,14,16). The van der Waals surface area contributed by atoms with E-state index in [1.807, 2.05) is 20.8 Å². The second-order valence-electron chi connectivity index (χ2n) is 6.52. The van der Waals surface area contributed by atoms with Gasteiger partial charge in [-0.15, -0.1) is 0 Å². The molecule has 1 saturated heterocycles. The Morgan fingerprint density at radius 1 is 1.37 bits per heavy atom. The molecule has 1 heterocycles. The molecular formula is C13H25NO4S. The van der Waals surface area contributed by atoms with Crippen LogP contribution < -0.4 is 5.32 Å². The van der Waals surface area contributed by atoms with E-state index in [-0.39, 0.29) is 17.7 Å². The van der Waals surface area contributed by atoms with Gasteiger partial charge in [0.05, 0.1) is 11.9 Å². The third-order valence-electron chi connectivity index (χ3n) is 3.23. The summed E-state index contributed by atoms with van der Waals surface area (Å²) in [5, 5.41) is 11.4. The number of aliphatic hydroxyl groups excluding tert-OH is 1. The Kier molecular flexibility index (Phi) is 5.38. The Morgan fingerprint density at radius 2 is 2.00 bits per heavy atom. The van der Waals surface area contributed by atoms with Crippen LogP contribution in [0.5, 0.6) is 0 Å². The van der Waals surface area contributed by atoms with E-state index in [0.29, 0.717) is 19.3 Å². The zero-order valence-electron chi connectivity index (χ0n) is 12.0. The van der Waals surface area contributed by atoms with Gasteiger partial charge in [-0.05, 0) is 24.7 Å². The van der Waals surface area contributed by atoms with Crippen LogP contribution in [0.1, 0.15) is 46.5 Å². The van der Waals surface area contributed by atoms with Gasteiger partial charge in [-0.1, -0.05) is 27.2 Å². The van der Waals surface area contributed by atoms with Crippen LogP contribution in [0.15, 0.2) is 0 Å². The summed E-state index contributed by atoms with van der Waals surface area (Å²) in [4.78, 5) is 11.9. The minimum atomic E-state index is -3.30. The highest BCUT2D eigenvalue weighted by atomic mass is 32.2. The van der Waals surface area contributed by atoms with Crippen molar-refractivity contribution in [1.29, 1.82) is 0 Å². The number of sulfone groups is 1. The quantitative estimate of drug-likeness (QED) is 0.805. The summed E-state index contributed by atoms with van der Waals surface area (Å²) in [5.74, 6) is -0.372. The molecule has 5 nitrogen and oxygen atoms in total. The lowest BCUT2D eigenvalue weighted by atomic mass is 9.89. The summed E-state index contributed by atoms with van der Waals surface area (Å²) >= 11 is 0. The molecule has 19 heavy (non-hydrogen) atoms. The normalized spacial score (nSPS) is 24.7. The zero-order chi connectivity index (χ0) is 14.7. The highest BCUT2D eigenvalue weighted by Gasteiger charge is 2.34. The first kappa shape index (κ1) is 16.4. The van der Waals surface area contributed by atoms with Crippen molar-refractivity contribution < 1.29 is 18.3 Å². The molecule has 2 N–H and O–H groups in total. The molecule has 0 bridgehead atoms. The molecule has 0 aliphatic carbocycles. The first-order valence-electron chi connectivity index (χ1n) is 6.79. The monoisotopic (exact) mass is 291 g/mol. The van der Waals surface area contributed by atoms with Crippen LogP contribution in [0.2, 0.25) is 0 Å². The highest BCUT2D eigenvalue weighted by Crippen LogP contribution is 2.21. The largest absolute Gasteiger partial charge is 0.391 e. The maximum absolute atomic E-state index is 11.9. The SMILES string of the molecule is CC(C)(C)CC(O)CNC(=O)C1CCCCS1(=O)=O. The average Bonchev–Trinajstić information content (AvgIpc) is 2.23. The summed E-state index contributed by atoms with van der Waals surface area (Å²) in [6.45, 7) is 6.12. The van der Waals surface area contributed by atoms with Crippen molar-refractivity contribution in [3.05, 3.63) is 0 Å². The van der Waals surface area contributed by atoms with Crippen molar-refractivity contribution in [3.8, 4) is 0 Å². The number of aliphatic hydroxyl groups is 1. The number of hydrogen-bond acceptors (Lipinski definition) is 4. The number of hydrogen-bond donors (Lipinski definition) is 2. The van der Waals surface area contributed by atoms with Crippen molar-refractivity contribution in [2.75, 3.05) is 12.3 Å². The van der Waals surface area contributed by atoms with Crippen molar-refractivity contribution in [1.82, 2.24) is 5.32 Å². The minimum Gasteiger partial charge on any atom is -0.391 e. The summed E-state index contributed by atoms with van der Waals surface area (Å²) < 4.78 is 23.5. The Hall–Kier alpha value is -0.620. The van der Waals surface area contributed by atoms with Crippen LogP contribution in [0, 0.1) is 5.41 Å². The molecule has 1 fully saturated rings.